The number of rotatable bonds is 12. The van der Waals surface area contributed by atoms with Crippen LogP contribution in [0.4, 0.5) is 0 Å². The third-order valence-electron chi connectivity index (χ3n) is 8.01. The molecule has 0 aliphatic carbocycles. The number of amides is 1. The lowest BCUT2D eigenvalue weighted by Gasteiger charge is -2.31. The van der Waals surface area contributed by atoms with Crippen molar-refractivity contribution in [2.24, 2.45) is 11.7 Å². The number of primary amides is 1. The van der Waals surface area contributed by atoms with Gasteiger partial charge >= 0.3 is 0 Å². The number of hydrogen-bond acceptors (Lipinski definition) is 5. The number of aromatic nitrogens is 1. The summed E-state index contributed by atoms with van der Waals surface area (Å²) in [7, 11) is -1.71. The summed E-state index contributed by atoms with van der Waals surface area (Å²) >= 11 is 0. The van der Waals surface area contributed by atoms with Gasteiger partial charge in [-0.2, -0.15) is 0 Å². The van der Waals surface area contributed by atoms with E-state index in [4.69, 9.17) is 10.5 Å². The van der Waals surface area contributed by atoms with Crippen LogP contribution in [0.25, 0.3) is 22.0 Å². The molecule has 1 fully saturated rings. The largest absolute Gasteiger partial charge is 0.385 e. The molecule has 2 aromatic carbocycles. The van der Waals surface area contributed by atoms with Gasteiger partial charge < -0.3 is 20.8 Å². The Morgan fingerprint density at radius 3 is 2.56 bits per heavy atom. The van der Waals surface area contributed by atoms with Crippen LogP contribution in [0.15, 0.2) is 42.6 Å². The van der Waals surface area contributed by atoms with Crippen molar-refractivity contribution >= 4 is 26.8 Å². The lowest BCUT2D eigenvalue weighted by atomic mass is 9.88. The summed E-state index contributed by atoms with van der Waals surface area (Å²) in [5.74, 6) is 0.363. The topological polar surface area (TPSA) is 118 Å². The maximum absolute atomic E-state index is 12.7. The van der Waals surface area contributed by atoms with Crippen LogP contribution < -0.4 is 11.1 Å². The molecule has 4 rings (SSSR count). The summed E-state index contributed by atoms with van der Waals surface area (Å²) < 4.78 is 32.1. The second-order valence-electron chi connectivity index (χ2n) is 11.0. The highest BCUT2D eigenvalue weighted by molar-refractivity contribution is 7.89. The standard InChI is InChI=1S/C30H42N4O4S/c1-20(2)21(3)32-18-22-7-5-8-24(15-22)25-16-26-28(19-33-29(26)27(17-25)30(31)35)23-9-11-34(12-10-23)39(36,37)14-6-13-38-4/h5,7-8,15-17,19-21,23,32-33H,6,9-14,18H2,1-4H3,(H2,31,35)/t21-/m0/s1. The Morgan fingerprint density at radius 2 is 1.90 bits per heavy atom. The molecule has 0 bridgehead atoms. The maximum atomic E-state index is 12.7. The normalized spacial score (nSPS) is 16.2. The minimum absolute atomic E-state index is 0.106. The van der Waals surface area contributed by atoms with E-state index in [1.165, 1.54) is 5.56 Å². The van der Waals surface area contributed by atoms with Gasteiger partial charge in [-0.25, -0.2) is 12.7 Å². The zero-order chi connectivity index (χ0) is 28.2. The molecule has 1 saturated heterocycles. The van der Waals surface area contributed by atoms with Crippen LogP contribution >= 0.6 is 0 Å². The van der Waals surface area contributed by atoms with Crippen molar-refractivity contribution in [2.75, 3.05) is 32.6 Å². The van der Waals surface area contributed by atoms with Crippen molar-refractivity contribution in [3.8, 4) is 11.1 Å². The fraction of sp³-hybridized carbons (Fsp3) is 0.500. The molecule has 0 spiro atoms. The number of carbonyl (C=O) groups excluding carboxylic acids is 1. The number of nitrogens with zero attached hydrogens (tertiary/aromatic N) is 1. The smallest absolute Gasteiger partial charge is 0.250 e. The van der Waals surface area contributed by atoms with Crippen LogP contribution in [0.3, 0.4) is 0 Å². The summed E-state index contributed by atoms with van der Waals surface area (Å²) in [5, 5.41) is 4.55. The zero-order valence-electron chi connectivity index (χ0n) is 23.5. The number of aromatic amines is 1. The van der Waals surface area contributed by atoms with Crippen molar-refractivity contribution in [3.63, 3.8) is 0 Å². The first-order valence-corrected chi connectivity index (χ1v) is 15.5. The van der Waals surface area contributed by atoms with E-state index < -0.39 is 15.9 Å². The quantitative estimate of drug-likeness (QED) is 0.283. The third-order valence-corrected chi connectivity index (χ3v) is 9.97. The van der Waals surface area contributed by atoms with Crippen LogP contribution in [0.1, 0.15) is 67.4 Å². The second kappa shape index (κ2) is 12.6. The Kier molecular flexibility index (Phi) is 9.48. The van der Waals surface area contributed by atoms with Crippen molar-refractivity contribution in [1.82, 2.24) is 14.6 Å². The van der Waals surface area contributed by atoms with E-state index in [0.717, 1.165) is 47.0 Å². The average Bonchev–Trinajstić information content (AvgIpc) is 3.35. The third kappa shape index (κ3) is 6.90. The van der Waals surface area contributed by atoms with E-state index in [9.17, 15) is 13.2 Å². The number of ether oxygens (including phenoxy) is 1. The van der Waals surface area contributed by atoms with Crippen molar-refractivity contribution < 1.29 is 17.9 Å². The summed E-state index contributed by atoms with van der Waals surface area (Å²) in [4.78, 5) is 15.8. The first-order chi connectivity index (χ1) is 18.6. The summed E-state index contributed by atoms with van der Waals surface area (Å²) in [5.41, 5.74) is 11.3. The molecule has 39 heavy (non-hydrogen) atoms. The van der Waals surface area contributed by atoms with Gasteiger partial charge in [0.05, 0.1) is 16.8 Å². The number of hydrogen-bond donors (Lipinski definition) is 3. The second-order valence-corrected chi connectivity index (χ2v) is 13.1. The molecule has 0 radical (unpaired) electrons. The van der Waals surface area contributed by atoms with Crippen LogP contribution in [-0.2, 0) is 21.3 Å². The Bertz CT molecular complexity index is 1390. The van der Waals surface area contributed by atoms with Crippen LogP contribution in [0.2, 0.25) is 0 Å². The highest BCUT2D eigenvalue weighted by atomic mass is 32.2. The molecule has 8 nitrogen and oxygen atoms in total. The summed E-state index contributed by atoms with van der Waals surface area (Å²) in [6.45, 7) is 8.77. The molecule has 9 heteroatoms. The van der Waals surface area contributed by atoms with Crippen molar-refractivity contribution in [3.05, 3.63) is 59.3 Å². The number of fused-ring (bicyclic) bond motifs is 1. The average molecular weight is 555 g/mol. The van der Waals surface area contributed by atoms with Gasteiger partial charge in [-0.15, -0.1) is 0 Å². The molecule has 212 valence electrons. The van der Waals surface area contributed by atoms with Gasteiger partial charge in [0.2, 0.25) is 10.0 Å². The van der Waals surface area contributed by atoms with Gasteiger partial charge in [0.1, 0.15) is 0 Å². The maximum Gasteiger partial charge on any atom is 0.250 e. The number of piperidine rings is 1. The summed E-state index contributed by atoms with van der Waals surface area (Å²) in [6, 6.07) is 12.8. The molecular weight excluding hydrogens is 512 g/mol. The minimum atomic E-state index is -3.29. The SMILES string of the molecule is COCCCS(=O)(=O)N1CCC(c2c[nH]c3c(C(N)=O)cc(-c4cccc(CN[C@@H](C)C(C)C)c4)cc23)CC1. The number of methoxy groups -OCH3 is 1. The predicted molar refractivity (Wildman–Crippen MR) is 157 cm³/mol. The van der Waals surface area contributed by atoms with Crippen LogP contribution in [0, 0.1) is 5.92 Å². The number of benzene rings is 2. The van der Waals surface area contributed by atoms with E-state index in [0.29, 0.717) is 43.6 Å². The Morgan fingerprint density at radius 1 is 1.15 bits per heavy atom. The lowest BCUT2D eigenvalue weighted by Crippen LogP contribution is -2.39. The van der Waals surface area contributed by atoms with Gasteiger partial charge in [-0.3, -0.25) is 4.79 Å². The molecule has 4 N–H and O–H groups in total. The van der Waals surface area contributed by atoms with Gasteiger partial charge in [-0.1, -0.05) is 32.0 Å². The van der Waals surface area contributed by atoms with Gasteiger partial charge in [0, 0.05) is 51.0 Å². The van der Waals surface area contributed by atoms with Crippen molar-refractivity contribution in [1.29, 1.82) is 0 Å². The molecule has 1 atom stereocenters. The molecule has 1 aromatic heterocycles. The fourth-order valence-electron chi connectivity index (χ4n) is 5.29. The number of nitrogens with two attached hydrogens (primary N) is 1. The lowest BCUT2D eigenvalue weighted by molar-refractivity contribution is 0.100. The Balaban J connectivity index is 1.59. The molecule has 1 aliphatic rings. The van der Waals surface area contributed by atoms with E-state index in [2.05, 4.69) is 55.3 Å². The Labute approximate surface area is 232 Å². The molecule has 0 unspecified atom stereocenters. The zero-order valence-corrected chi connectivity index (χ0v) is 24.3. The number of nitrogens with one attached hydrogen (secondary N) is 2. The van der Waals surface area contributed by atoms with E-state index in [1.54, 1.807) is 11.4 Å². The number of carbonyl (C=O) groups is 1. The molecule has 0 saturated carbocycles. The first-order valence-electron chi connectivity index (χ1n) is 13.8. The molecule has 3 aromatic rings. The highest BCUT2D eigenvalue weighted by Gasteiger charge is 2.30. The van der Waals surface area contributed by atoms with Crippen LogP contribution in [0.5, 0.6) is 0 Å². The number of H-pyrrole nitrogens is 1. The fourth-order valence-corrected chi connectivity index (χ4v) is 6.79. The van der Waals surface area contributed by atoms with Gasteiger partial charge in [0.15, 0.2) is 0 Å². The van der Waals surface area contributed by atoms with Crippen molar-refractivity contribution in [2.45, 2.75) is 58.5 Å². The monoisotopic (exact) mass is 554 g/mol. The van der Waals surface area contributed by atoms with E-state index in [-0.39, 0.29) is 11.7 Å². The summed E-state index contributed by atoms with van der Waals surface area (Å²) in [6.07, 6.45) is 3.90. The van der Waals surface area contributed by atoms with Gasteiger partial charge in [-0.05, 0) is 78.5 Å². The minimum Gasteiger partial charge on any atom is -0.385 e. The molecule has 1 amide bonds. The molecular formula is C30H42N4O4S. The Hall–Kier alpha value is -2.72. The predicted octanol–water partition coefficient (Wildman–Crippen LogP) is 4.61. The molecule has 1 aliphatic heterocycles. The van der Waals surface area contributed by atoms with E-state index in [1.807, 2.05) is 18.3 Å². The van der Waals surface area contributed by atoms with E-state index >= 15 is 0 Å². The number of sulfonamides is 1. The highest BCUT2D eigenvalue weighted by Crippen LogP contribution is 2.37. The first kappa shape index (κ1) is 29.3. The van der Waals surface area contributed by atoms with Gasteiger partial charge in [0.25, 0.3) is 5.91 Å². The molecule has 2 heterocycles. The van der Waals surface area contributed by atoms with Crippen LogP contribution in [-0.4, -0.2) is 62.2 Å².